The summed E-state index contributed by atoms with van der Waals surface area (Å²) in [4.78, 5) is 22.6. The SMILES string of the molecule is CC(=O)CCCCCCC(=O)CCc1ccccc1C. The Bertz CT molecular complexity index is 435. The number of hydrogen-bond acceptors (Lipinski definition) is 2. The van der Waals surface area contributed by atoms with Gasteiger partial charge in [0.05, 0.1) is 0 Å². The predicted molar refractivity (Wildman–Crippen MR) is 82.9 cm³/mol. The average molecular weight is 274 g/mol. The molecule has 0 aliphatic heterocycles. The van der Waals surface area contributed by atoms with Crippen molar-refractivity contribution in [2.24, 2.45) is 0 Å². The van der Waals surface area contributed by atoms with Crippen molar-refractivity contribution in [2.45, 2.75) is 65.2 Å². The summed E-state index contributed by atoms with van der Waals surface area (Å²) in [5, 5.41) is 0. The summed E-state index contributed by atoms with van der Waals surface area (Å²) < 4.78 is 0. The van der Waals surface area contributed by atoms with Gasteiger partial charge in [-0.25, -0.2) is 0 Å². The van der Waals surface area contributed by atoms with Crippen LogP contribution in [0, 0.1) is 6.92 Å². The third-order valence-corrected chi connectivity index (χ3v) is 3.67. The van der Waals surface area contributed by atoms with Gasteiger partial charge in [-0.3, -0.25) is 4.79 Å². The number of carbonyl (C=O) groups excluding carboxylic acids is 2. The smallest absolute Gasteiger partial charge is 0.133 e. The van der Waals surface area contributed by atoms with Crippen LogP contribution in [-0.2, 0) is 16.0 Å². The van der Waals surface area contributed by atoms with Crippen molar-refractivity contribution in [1.29, 1.82) is 0 Å². The molecule has 0 heterocycles. The minimum Gasteiger partial charge on any atom is -0.300 e. The van der Waals surface area contributed by atoms with Gasteiger partial charge in [0.1, 0.15) is 11.6 Å². The van der Waals surface area contributed by atoms with Crippen molar-refractivity contribution in [3.8, 4) is 0 Å². The van der Waals surface area contributed by atoms with Crippen molar-refractivity contribution < 1.29 is 9.59 Å². The Morgan fingerprint density at radius 1 is 0.900 bits per heavy atom. The maximum atomic E-state index is 11.8. The molecule has 0 radical (unpaired) electrons. The molecular formula is C18H26O2. The van der Waals surface area contributed by atoms with Crippen molar-refractivity contribution in [3.63, 3.8) is 0 Å². The summed E-state index contributed by atoms with van der Waals surface area (Å²) in [7, 11) is 0. The molecule has 0 amide bonds. The third kappa shape index (κ3) is 7.22. The molecule has 0 aromatic heterocycles. The number of unbranched alkanes of at least 4 members (excludes halogenated alkanes) is 3. The first-order chi connectivity index (χ1) is 9.59. The van der Waals surface area contributed by atoms with Gasteiger partial charge < -0.3 is 4.79 Å². The first-order valence-corrected chi connectivity index (χ1v) is 7.65. The van der Waals surface area contributed by atoms with E-state index in [1.165, 1.54) is 11.1 Å². The minimum absolute atomic E-state index is 0.263. The van der Waals surface area contributed by atoms with Gasteiger partial charge in [0.15, 0.2) is 0 Å². The molecule has 0 aliphatic rings. The molecule has 0 saturated heterocycles. The van der Waals surface area contributed by atoms with Crippen LogP contribution in [-0.4, -0.2) is 11.6 Å². The first kappa shape index (κ1) is 16.6. The minimum atomic E-state index is 0.263. The highest BCUT2D eigenvalue weighted by atomic mass is 16.1. The van der Waals surface area contributed by atoms with Crippen molar-refractivity contribution in [1.82, 2.24) is 0 Å². The van der Waals surface area contributed by atoms with Crippen LogP contribution in [0.3, 0.4) is 0 Å². The van der Waals surface area contributed by atoms with E-state index < -0.39 is 0 Å². The lowest BCUT2D eigenvalue weighted by Crippen LogP contribution is -2.01. The highest BCUT2D eigenvalue weighted by Crippen LogP contribution is 2.12. The van der Waals surface area contributed by atoms with Crippen LogP contribution in [0.4, 0.5) is 0 Å². The summed E-state index contributed by atoms with van der Waals surface area (Å²) in [6.07, 6.45) is 6.92. The molecule has 2 heteroatoms. The third-order valence-electron chi connectivity index (χ3n) is 3.67. The Balaban J connectivity index is 2.09. The zero-order chi connectivity index (χ0) is 14.8. The van der Waals surface area contributed by atoms with Gasteiger partial charge in [0.2, 0.25) is 0 Å². The number of rotatable bonds is 10. The van der Waals surface area contributed by atoms with Gasteiger partial charge in [-0.05, 0) is 44.2 Å². The fourth-order valence-electron chi connectivity index (χ4n) is 2.34. The lowest BCUT2D eigenvalue weighted by Gasteiger charge is -2.05. The molecule has 0 unspecified atom stereocenters. The summed E-state index contributed by atoms with van der Waals surface area (Å²) in [6, 6.07) is 8.25. The molecule has 0 N–H and O–H groups in total. The maximum absolute atomic E-state index is 11.8. The van der Waals surface area contributed by atoms with E-state index in [4.69, 9.17) is 0 Å². The largest absolute Gasteiger partial charge is 0.300 e. The molecule has 0 fully saturated rings. The Labute approximate surface area is 122 Å². The van der Waals surface area contributed by atoms with E-state index >= 15 is 0 Å². The normalized spacial score (nSPS) is 10.5. The molecule has 1 aromatic carbocycles. The van der Waals surface area contributed by atoms with Crippen molar-refractivity contribution in [2.75, 3.05) is 0 Å². The van der Waals surface area contributed by atoms with Crippen LogP contribution in [0.5, 0.6) is 0 Å². The van der Waals surface area contributed by atoms with E-state index in [0.717, 1.165) is 32.1 Å². The number of aryl methyl sites for hydroxylation is 2. The molecule has 1 aromatic rings. The Hall–Kier alpha value is -1.44. The first-order valence-electron chi connectivity index (χ1n) is 7.65. The standard InChI is InChI=1S/C18H26O2/c1-15-9-7-8-11-17(15)13-14-18(20)12-6-4-3-5-10-16(2)19/h7-9,11H,3-6,10,12-14H2,1-2H3. The van der Waals surface area contributed by atoms with Crippen LogP contribution in [0.25, 0.3) is 0 Å². The molecule has 0 bridgehead atoms. The quantitative estimate of drug-likeness (QED) is 0.592. The number of carbonyl (C=O) groups is 2. The molecule has 110 valence electrons. The second-order valence-corrected chi connectivity index (χ2v) is 5.58. The van der Waals surface area contributed by atoms with E-state index in [2.05, 4.69) is 19.1 Å². The number of benzene rings is 1. The van der Waals surface area contributed by atoms with Gasteiger partial charge in [0, 0.05) is 19.3 Å². The molecule has 0 saturated carbocycles. The van der Waals surface area contributed by atoms with E-state index in [-0.39, 0.29) is 5.78 Å². The zero-order valence-corrected chi connectivity index (χ0v) is 12.8. The topological polar surface area (TPSA) is 34.1 Å². The monoisotopic (exact) mass is 274 g/mol. The van der Waals surface area contributed by atoms with Gasteiger partial charge in [-0.1, -0.05) is 37.1 Å². The number of Topliss-reactive ketones (excluding diaryl/α,β-unsaturated/α-hetero) is 2. The molecule has 2 nitrogen and oxygen atoms in total. The average Bonchev–Trinajstić information content (AvgIpc) is 2.41. The Kier molecular flexibility index (Phi) is 7.86. The fourth-order valence-corrected chi connectivity index (χ4v) is 2.34. The lowest BCUT2D eigenvalue weighted by atomic mass is 10.00. The molecule has 1 rings (SSSR count). The van der Waals surface area contributed by atoms with E-state index in [9.17, 15) is 9.59 Å². The second-order valence-electron chi connectivity index (χ2n) is 5.58. The maximum Gasteiger partial charge on any atom is 0.133 e. The highest BCUT2D eigenvalue weighted by molar-refractivity contribution is 5.78. The molecule has 0 spiro atoms. The van der Waals surface area contributed by atoms with E-state index in [0.29, 0.717) is 25.0 Å². The van der Waals surface area contributed by atoms with Gasteiger partial charge >= 0.3 is 0 Å². The summed E-state index contributed by atoms with van der Waals surface area (Å²) >= 11 is 0. The molecule has 20 heavy (non-hydrogen) atoms. The van der Waals surface area contributed by atoms with Crippen LogP contribution < -0.4 is 0 Å². The van der Waals surface area contributed by atoms with Crippen LogP contribution >= 0.6 is 0 Å². The fraction of sp³-hybridized carbons (Fsp3) is 0.556. The van der Waals surface area contributed by atoms with Gasteiger partial charge in [-0.15, -0.1) is 0 Å². The molecule has 0 aliphatic carbocycles. The van der Waals surface area contributed by atoms with Gasteiger partial charge in [0.25, 0.3) is 0 Å². The predicted octanol–water partition coefficient (Wildman–Crippen LogP) is 4.43. The van der Waals surface area contributed by atoms with E-state index in [1.54, 1.807) is 6.92 Å². The summed E-state index contributed by atoms with van der Waals surface area (Å²) in [5.41, 5.74) is 2.55. The molecule has 0 atom stereocenters. The van der Waals surface area contributed by atoms with Crippen LogP contribution in [0.2, 0.25) is 0 Å². The van der Waals surface area contributed by atoms with Crippen LogP contribution in [0.1, 0.15) is 63.0 Å². The summed E-state index contributed by atoms with van der Waals surface area (Å²) in [5.74, 6) is 0.624. The zero-order valence-electron chi connectivity index (χ0n) is 12.8. The van der Waals surface area contributed by atoms with Crippen molar-refractivity contribution in [3.05, 3.63) is 35.4 Å². The van der Waals surface area contributed by atoms with E-state index in [1.807, 2.05) is 12.1 Å². The Morgan fingerprint density at radius 3 is 2.20 bits per heavy atom. The number of ketones is 2. The second kappa shape index (κ2) is 9.46. The van der Waals surface area contributed by atoms with Crippen molar-refractivity contribution >= 4 is 11.6 Å². The summed E-state index contributed by atoms with van der Waals surface area (Å²) in [6.45, 7) is 3.73. The van der Waals surface area contributed by atoms with Crippen LogP contribution in [0.15, 0.2) is 24.3 Å². The number of hydrogen-bond donors (Lipinski definition) is 0. The molecular weight excluding hydrogens is 248 g/mol. The lowest BCUT2D eigenvalue weighted by molar-refractivity contribution is -0.119. The van der Waals surface area contributed by atoms with Gasteiger partial charge in [-0.2, -0.15) is 0 Å². The highest BCUT2D eigenvalue weighted by Gasteiger charge is 2.04. The Morgan fingerprint density at radius 2 is 1.55 bits per heavy atom.